The maximum absolute atomic E-state index is 5.25. The molecule has 1 aromatic heterocycles. The Labute approximate surface area is 95.2 Å². The molecule has 0 spiro atoms. The maximum Gasteiger partial charge on any atom is 0.229 e. The largest absolute Gasteiger partial charge is 0.339 e. The minimum atomic E-state index is 0.559. The third-order valence-corrected chi connectivity index (χ3v) is 3.23. The third kappa shape index (κ3) is 2.25. The first kappa shape index (κ1) is 10.2. The van der Waals surface area contributed by atoms with E-state index in [-0.39, 0.29) is 0 Å². The van der Waals surface area contributed by atoms with Crippen LogP contribution in [0.2, 0.25) is 0 Å². The van der Waals surface area contributed by atoms with Crippen LogP contribution in [0.5, 0.6) is 0 Å². The van der Waals surface area contributed by atoms with Crippen molar-refractivity contribution >= 4 is 0 Å². The molecule has 1 atom stereocenters. The molecule has 2 aliphatic rings. The van der Waals surface area contributed by atoms with Crippen molar-refractivity contribution in [2.75, 3.05) is 19.6 Å². The Hall–Kier alpha value is -0.940. The molecule has 2 heterocycles. The van der Waals surface area contributed by atoms with E-state index in [1.807, 2.05) is 0 Å². The fourth-order valence-corrected chi connectivity index (χ4v) is 2.18. The normalized spacial score (nSPS) is 27.2. The van der Waals surface area contributed by atoms with Crippen molar-refractivity contribution in [1.82, 2.24) is 20.4 Å². The van der Waals surface area contributed by atoms with E-state index in [0.29, 0.717) is 12.0 Å². The van der Waals surface area contributed by atoms with Gasteiger partial charge in [-0.25, -0.2) is 0 Å². The van der Waals surface area contributed by atoms with Crippen molar-refractivity contribution in [3.05, 3.63) is 11.7 Å². The van der Waals surface area contributed by atoms with E-state index >= 15 is 0 Å². The molecule has 1 saturated heterocycles. The lowest BCUT2D eigenvalue weighted by Gasteiger charge is -2.30. The Balaban J connectivity index is 1.59. The summed E-state index contributed by atoms with van der Waals surface area (Å²) in [5.74, 6) is 2.25. The van der Waals surface area contributed by atoms with Crippen LogP contribution in [-0.4, -0.2) is 40.7 Å². The van der Waals surface area contributed by atoms with Crippen LogP contribution in [0.15, 0.2) is 4.52 Å². The van der Waals surface area contributed by atoms with Crippen molar-refractivity contribution in [3.8, 4) is 0 Å². The van der Waals surface area contributed by atoms with Crippen LogP contribution in [0.25, 0.3) is 0 Å². The lowest BCUT2D eigenvalue weighted by atomic mass is 10.2. The zero-order chi connectivity index (χ0) is 11.0. The molecule has 1 aliphatic carbocycles. The third-order valence-electron chi connectivity index (χ3n) is 3.23. The number of hydrogen-bond acceptors (Lipinski definition) is 5. The van der Waals surface area contributed by atoms with E-state index in [0.717, 1.165) is 37.9 Å². The maximum atomic E-state index is 5.25. The number of rotatable bonds is 3. The highest BCUT2D eigenvalue weighted by molar-refractivity contribution is 5.01. The Morgan fingerprint density at radius 1 is 1.50 bits per heavy atom. The molecule has 0 bridgehead atoms. The molecule has 1 N–H and O–H groups in total. The number of nitrogens with one attached hydrogen (secondary N) is 1. The number of hydrogen-bond donors (Lipinski definition) is 1. The van der Waals surface area contributed by atoms with E-state index in [9.17, 15) is 0 Å². The Morgan fingerprint density at radius 3 is 3.12 bits per heavy atom. The van der Waals surface area contributed by atoms with Crippen LogP contribution in [0.4, 0.5) is 0 Å². The molecule has 2 fully saturated rings. The summed E-state index contributed by atoms with van der Waals surface area (Å²) in [5, 5.41) is 7.47. The van der Waals surface area contributed by atoms with E-state index in [2.05, 4.69) is 27.3 Å². The van der Waals surface area contributed by atoms with E-state index < -0.39 is 0 Å². The van der Waals surface area contributed by atoms with Crippen molar-refractivity contribution in [1.29, 1.82) is 0 Å². The summed E-state index contributed by atoms with van der Waals surface area (Å²) in [4.78, 5) is 6.83. The summed E-state index contributed by atoms with van der Waals surface area (Å²) in [7, 11) is 0. The molecular weight excluding hydrogens is 204 g/mol. The molecule has 0 aromatic carbocycles. The average Bonchev–Trinajstić information content (AvgIpc) is 3.01. The Morgan fingerprint density at radius 2 is 2.38 bits per heavy atom. The predicted octanol–water partition coefficient (Wildman–Crippen LogP) is 0.741. The van der Waals surface area contributed by atoms with Gasteiger partial charge in [-0.2, -0.15) is 4.98 Å². The van der Waals surface area contributed by atoms with Gasteiger partial charge in [0, 0.05) is 31.6 Å². The van der Waals surface area contributed by atoms with Gasteiger partial charge in [0.25, 0.3) is 0 Å². The van der Waals surface area contributed by atoms with E-state index in [4.69, 9.17) is 4.52 Å². The molecule has 0 radical (unpaired) electrons. The summed E-state index contributed by atoms with van der Waals surface area (Å²) in [6, 6.07) is 0.559. The van der Waals surface area contributed by atoms with Crippen LogP contribution in [0, 0.1) is 0 Å². The van der Waals surface area contributed by atoms with Gasteiger partial charge in [0.15, 0.2) is 5.82 Å². The van der Waals surface area contributed by atoms with Gasteiger partial charge in [-0.1, -0.05) is 5.16 Å². The molecule has 5 nitrogen and oxygen atoms in total. The van der Waals surface area contributed by atoms with Gasteiger partial charge in [-0.3, -0.25) is 4.90 Å². The van der Waals surface area contributed by atoms with Crippen LogP contribution >= 0.6 is 0 Å². The van der Waals surface area contributed by atoms with Gasteiger partial charge in [-0.05, 0) is 19.8 Å². The lowest BCUT2D eigenvalue weighted by Crippen LogP contribution is -2.48. The Kier molecular flexibility index (Phi) is 2.65. The summed E-state index contributed by atoms with van der Waals surface area (Å²) < 4.78 is 5.25. The van der Waals surface area contributed by atoms with Gasteiger partial charge in [0.1, 0.15) is 0 Å². The van der Waals surface area contributed by atoms with Crippen LogP contribution in [0.3, 0.4) is 0 Å². The lowest BCUT2D eigenvalue weighted by molar-refractivity contribution is 0.193. The molecule has 16 heavy (non-hydrogen) atoms. The summed E-state index contributed by atoms with van der Waals surface area (Å²) in [6.07, 6.45) is 2.43. The molecule has 1 saturated carbocycles. The van der Waals surface area contributed by atoms with E-state index in [1.54, 1.807) is 0 Å². The van der Waals surface area contributed by atoms with Crippen molar-refractivity contribution in [3.63, 3.8) is 0 Å². The fourth-order valence-electron chi connectivity index (χ4n) is 2.18. The minimum Gasteiger partial charge on any atom is -0.339 e. The van der Waals surface area contributed by atoms with Gasteiger partial charge >= 0.3 is 0 Å². The standard InChI is InChI=1S/C11H18N4O/c1-8-6-15(5-4-12-8)7-10-13-11(16-14-10)9-2-3-9/h8-9,12H,2-7H2,1H3. The van der Waals surface area contributed by atoms with Crippen molar-refractivity contribution in [2.24, 2.45) is 0 Å². The second kappa shape index (κ2) is 4.14. The average molecular weight is 222 g/mol. The highest BCUT2D eigenvalue weighted by Crippen LogP contribution is 2.38. The monoisotopic (exact) mass is 222 g/mol. The highest BCUT2D eigenvalue weighted by Gasteiger charge is 2.30. The van der Waals surface area contributed by atoms with Crippen molar-refractivity contribution in [2.45, 2.75) is 38.3 Å². The zero-order valence-electron chi connectivity index (χ0n) is 9.65. The first-order chi connectivity index (χ1) is 7.81. The molecule has 88 valence electrons. The number of piperazine rings is 1. The number of nitrogens with zero attached hydrogens (tertiary/aromatic N) is 3. The molecular formula is C11H18N4O. The van der Waals surface area contributed by atoms with E-state index in [1.165, 1.54) is 12.8 Å². The fraction of sp³-hybridized carbons (Fsp3) is 0.818. The smallest absolute Gasteiger partial charge is 0.229 e. The van der Waals surface area contributed by atoms with Gasteiger partial charge < -0.3 is 9.84 Å². The van der Waals surface area contributed by atoms with Crippen LogP contribution in [-0.2, 0) is 6.54 Å². The van der Waals surface area contributed by atoms with Gasteiger partial charge in [-0.15, -0.1) is 0 Å². The number of aromatic nitrogens is 2. The molecule has 1 aliphatic heterocycles. The second-order valence-electron chi connectivity index (χ2n) is 4.91. The minimum absolute atomic E-state index is 0.559. The van der Waals surface area contributed by atoms with Crippen LogP contribution < -0.4 is 5.32 Å². The quantitative estimate of drug-likeness (QED) is 0.817. The summed E-state index contributed by atoms with van der Waals surface area (Å²) >= 11 is 0. The molecule has 1 aromatic rings. The van der Waals surface area contributed by atoms with Crippen LogP contribution in [0.1, 0.15) is 37.4 Å². The van der Waals surface area contributed by atoms with Crippen molar-refractivity contribution < 1.29 is 4.52 Å². The molecule has 0 amide bonds. The van der Waals surface area contributed by atoms with Gasteiger partial charge in [0.2, 0.25) is 5.89 Å². The topological polar surface area (TPSA) is 54.2 Å². The SMILES string of the molecule is CC1CN(Cc2noc(C3CC3)n2)CCN1. The predicted molar refractivity (Wildman–Crippen MR) is 59.0 cm³/mol. The first-order valence-electron chi connectivity index (χ1n) is 6.09. The summed E-state index contributed by atoms with van der Waals surface area (Å²) in [6.45, 7) is 6.21. The van der Waals surface area contributed by atoms with Gasteiger partial charge in [0.05, 0.1) is 6.54 Å². The summed E-state index contributed by atoms with van der Waals surface area (Å²) in [5.41, 5.74) is 0. The zero-order valence-corrected chi connectivity index (χ0v) is 9.65. The molecule has 5 heteroatoms. The highest BCUT2D eigenvalue weighted by atomic mass is 16.5. The second-order valence-corrected chi connectivity index (χ2v) is 4.91. The first-order valence-corrected chi connectivity index (χ1v) is 6.09. The molecule has 1 unspecified atom stereocenters. The molecule has 3 rings (SSSR count). The Bertz CT molecular complexity index is 361.